The second-order valence-corrected chi connectivity index (χ2v) is 4.53. The Bertz CT molecular complexity index is 176. The van der Waals surface area contributed by atoms with Gasteiger partial charge in [-0.3, -0.25) is 4.79 Å². The smallest absolute Gasteiger partial charge is 0.320 e. The summed E-state index contributed by atoms with van der Waals surface area (Å²) >= 11 is 0. The summed E-state index contributed by atoms with van der Waals surface area (Å²) in [4.78, 5) is 11.2. The summed E-state index contributed by atoms with van der Waals surface area (Å²) in [5.74, 6) is -0.177. The van der Waals surface area contributed by atoms with Gasteiger partial charge in [-0.2, -0.15) is 0 Å². The second kappa shape index (κ2) is 6.02. The lowest BCUT2D eigenvalue weighted by molar-refractivity contribution is -0.146. The fraction of sp³-hybridized carbons (Fsp3) is 0.909. The van der Waals surface area contributed by atoms with E-state index >= 15 is 0 Å². The summed E-state index contributed by atoms with van der Waals surface area (Å²) in [6.45, 7) is 10.3. The van der Waals surface area contributed by atoms with Crippen molar-refractivity contribution in [1.29, 1.82) is 0 Å². The molecule has 0 bridgehead atoms. The predicted octanol–water partition coefficient (Wildman–Crippen LogP) is 2.11. The maximum Gasteiger partial charge on any atom is 0.320 e. The monoisotopic (exact) mass is 201 g/mol. The summed E-state index contributed by atoms with van der Waals surface area (Å²) in [6.07, 6.45) is 2.14. The minimum atomic E-state index is -0.177. The predicted molar refractivity (Wildman–Crippen MR) is 58.2 cm³/mol. The highest BCUT2D eigenvalue weighted by Gasteiger charge is 2.17. The van der Waals surface area contributed by atoms with E-state index in [1.165, 1.54) is 0 Å². The molecule has 0 saturated heterocycles. The van der Waals surface area contributed by atoms with Crippen LogP contribution in [0.4, 0.5) is 0 Å². The minimum Gasteiger partial charge on any atom is -0.462 e. The van der Waals surface area contributed by atoms with Gasteiger partial charge in [-0.15, -0.1) is 0 Å². The highest BCUT2D eigenvalue weighted by atomic mass is 16.5. The first-order valence-corrected chi connectivity index (χ1v) is 5.32. The molecule has 0 aromatic carbocycles. The molecule has 0 heterocycles. The van der Waals surface area contributed by atoms with Gasteiger partial charge < -0.3 is 10.1 Å². The van der Waals surface area contributed by atoms with Crippen molar-refractivity contribution < 1.29 is 9.53 Å². The molecule has 84 valence electrons. The Morgan fingerprint density at radius 2 is 2.00 bits per heavy atom. The fourth-order valence-corrected chi connectivity index (χ4v) is 1.33. The fourth-order valence-electron chi connectivity index (χ4n) is 1.33. The molecule has 3 heteroatoms. The van der Waals surface area contributed by atoms with E-state index in [1.807, 2.05) is 13.8 Å². The number of carbonyl (C=O) groups excluding carboxylic acids is 1. The molecule has 0 aliphatic heterocycles. The molecule has 0 saturated carbocycles. The SMILES string of the molecule is CCCC(C)(C)NCC(=O)OC(C)C. The van der Waals surface area contributed by atoms with Crippen LogP contribution in [0.15, 0.2) is 0 Å². The van der Waals surface area contributed by atoms with Crippen LogP contribution in [0.1, 0.15) is 47.5 Å². The molecule has 0 aromatic heterocycles. The maximum atomic E-state index is 11.2. The Labute approximate surface area is 87.2 Å². The van der Waals surface area contributed by atoms with Crippen LogP contribution in [0.2, 0.25) is 0 Å². The van der Waals surface area contributed by atoms with Crippen molar-refractivity contribution in [1.82, 2.24) is 5.32 Å². The van der Waals surface area contributed by atoms with Crippen molar-refractivity contribution in [2.24, 2.45) is 0 Å². The molecule has 0 amide bonds. The van der Waals surface area contributed by atoms with Gasteiger partial charge in [0.25, 0.3) is 0 Å². The number of rotatable bonds is 6. The highest BCUT2D eigenvalue weighted by molar-refractivity contribution is 5.71. The van der Waals surface area contributed by atoms with Crippen LogP contribution < -0.4 is 5.32 Å². The molecule has 0 fully saturated rings. The van der Waals surface area contributed by atoms with Gasteiger partial charge in [0.15, 0.2) is 0 Å². The molecule has 0 unspecified atom stereocenters. The molecule has 0 rings (SSSR count). The molecule has 0 atom stereocenters. The molecular weight excluding hydrogens is 178 g/mol. The van der Waals surface area contributed by atoms with Crippen molar-refractivity contribution in [3.8, 4) is 0 Å². The maximum absolute atomic E-state index is 11.2. The van der Waals surface area contributed by atoms with E-state index < -0.39 is 0 Å². The molecule has 1 N–H and O–H groups in total. The first kappa shape index (κ1) is 13.4. The molecule has 0 aliphatic rings. The van der Waals surface area contributed by atoms with Crippen LogP contribution in [0.25, 0.3) is 0 Å². The summed E-state index contributed by atoms with van der Waals surface area (Å²) in [6, 6.07) is 0. The van der Waals surface area contributed by atoms with E-state index in [2.05, 4.69) is 26.1 Å². The van der Waals surface area contributed by atoms with Crippen LogP contribution >= 0.6 is 0 Å². The highest BCUT2D eigenvalue weighted by Crippen LogP contribution is 2.09. The van der Waals surface area contributed by atoms with Gasteiger partial charge in [-0.25, -0.2) is 0 Å². The lowest BCUT2D eigenvalue weighted by atomic mass is 9.99. The average molecular weight is 201 g/mol. The molecule has 14 heavy (non-hydrogen) atoms. The van der Waals surface area contributed by atoms with Gasteiger partial charge in [-0.1, -0.05) is 13.3 Å². The Morgan fingerprint density at radius 3 is 2.43 bits per heavy atom. The quantitative estimate of drug-likeness (QED) is 0.669. The van der Waals surface area contributed by atoms with E-state index in [9.17, 15) is 4.79 Å². The minimum absolute atomic E-state index is 0.0186. The van der Waals surface area contributed by atoms with Crippen molar-refractivity contribution in [3.05, 3.63) is 0 Å². The van der Waals surface area contributed by atoms with E-state index in [4.69, 9.17) is 4.74 Å². The second-order valence-electron chi connectivity index (χ2n) is 4.53. The van der Waals surface area contributed by atoms with Crippen LogP contribution in [0.3, 0.4) is 0 Å². The van der Waals surface area contributed by atoms with Gasteiger partial charge >= 0.3 is 5.97 Å². The Hall–Kier alpha value is -0.570. The molecule has 0 spiro atoms. The van der Waals surface area contributed by atoms with E-state index in [1.54, 1.807) is 0 Å². The number of ether oxygens (including phenoxy) is 1. The standard InChI is InChI=1S/C11H23NO2/c1-6-7-11(4,5)12-8-10(13)14-9(2)3/h9,12H,6-8H2,1-5H3. The number of esters is 1. The number of nitrogens with one attached hydrogen (secondary N) is 1. The zero-order chi connectivity index (χ0) is 11.2. The first-order valence-electron chi connectivity index (χ1n) is 5.32. The van der Waals surface area contributed by atoms with Gasteiger partial charge in [0.2, 0.25) is 0 Å². The topological polar surface area (TPSA) is 38.3 Å². The first-order chi connectivity index (χ1) is 6.37. The Morgan fingerprint density at radius 1 is 1.43 bits per heavy atom. The normalized spacial score (nSPS) is 11.9. The van der Waals surface area contributed by atoms with Gasteiger partial charge in [-0.05, 0) is 34.1 Å². The summed E-state index contributed by atoms with van der Waals surface area (Å²) < 4.78 is 5.02. The number of hydrogen-bond donors (Lipinski definition) is 1. The summed E-state index contributed by atoms with van der Waals surface area (Å²) in [5.41, 5.74) is 0.0186. The largest absolute Gasteiger partial charge is 0.462 e. The average Bonchev–Trinajstić information content (AvgIpc) is 2.00. The molecule has 0 aliphatic carbocycles. The van der Waals surface area contributed by atoms with Crippen molar-refractivity contribution in [3.63, 3.8) is 0 Å². The van der Waals surface area contributed by atoms with Gasteiger partial charge in [0.05, 0.1) is 12.6 Å². The van der Waals surface area contributed by atoms with Crippen LogP contribution in [0.5, 0.6) is 0 Å². The third kappa shape index (κ3) is 6.89. The van der Waals surface area contributed by atoms with E-state index in [-0.39, 0.29) is 17.6 Å². The zero-order valence-electron chi connectivity index (χ0n) is 10.0. The molecular formula is C11H23NO2. The van der Waals surface area contributed by atoms with Crippen LogP contribution in [0, 0.1) is 0 Å². The lowest BCUT2D eigenvalue weighted by Gasteiger charge is -2.25. The Balaban J connectivity index is 3.75. The van der Waals surface area contributed by atoms with Crippen LogP contribution in [-0.4, -0.2) is 24.2 Å². The molecule has 0 radical (unpaired) electrons. The van der Waals surface area contributed by atoms with Crippen molar-refractivity contribution in [2.75, 3.05) is 6.54 Å². The van der Waals surface area contributed by atoms with Gasteiger partial charge in [0.1, 0.15) is 0 Å². The van der Waals surface area contributed by atoms with Crippen LogP contribution in [-0.2, 0) is 9.53 Å². The third-order valence-corrected chi connectivity index (χ3v) is 1.95. The lowest BCUT2D eigenvalue weighted by Crippen LogP contribution is -2.42. The van der Waals surface area contributed by atoms with Crippen molar-refractivity contribution in [2.45, 2.75) is 59.1 Å². The molecule has 0 aromatic rings. The van der Waals surface area contributed by atoms with E-state index in [0.717, 1.165) is 12.8 Å². The summed E-state index contributed by atoms with van der Waals surface area (Å²) in [7, 11) is 0. The molecule has 3 nitrogen and oxygen atoms in total. The van der Waals surface area contributed by atoms with Crippen molar-refractivity contribution >= 4 is 5.97 Å². The van der Waals surface area contributed by atoms with E-state index in [0.29, 0.717) is 6.54 Å². The summed E-state index contributed by atoms with van der Waals surface area (Å²) in [5, 5.41) is 3.19. The zero-order valence-corrected chi connectivity index (χ0v) is 10.0. The Kier molecular flexibility index (Phi) is 5.77. The third-order valence-electron chi connectivity index (χ3n) is 1.95. The number of hydrogen-bond acceptors (Lipinski definition) is 3. The number of carbonyl (C=O) groups is 1. The van der Waals surface area contributed by atoms with Gasteiger partial charge in [0, 0.05) is 5.54 Å².